The third-order valence-corrected chi connectivity index (χ3v) is 3.23. The van der Waals surface area contributed by atoms with Crippen LogP contribution in [0, 0.1) is 5.92 Å². The molecule has 1 aliphatic rings. The summed E-state index contributed by atoms with van der Waals surface area (Å²) in [5, 5.41) is 7.04. The van der Waals surface area contributed by atoms with Gasteiger partial charge in [0.05, 0.1) is 0 Å². The van der Waals surface area contributed by atoms with Crippen molar-refractivity contribution in [2.24, 2.45) is 5.92 Å². The standard InChI is InChI=1S/C13H20N2/c1-11-7-8-15-13(11)10-14-9-12-5-3-2-4-6-12/h2-6,11,13-15H,7-10H2,1H3. The highest BCUT2D eigenvalue weighted by Crippen LogP contribution is 2.13. The van der Waals surface area contributed by atoms with Gasteiger partial charge in [-0.2, -0.15) is 0 Å². The van der Waals surface area contributed by atoms with Crippen LogP contribution >= 0.6 is 0 Å². The van der Waals surface area contributed by atoms with Crippen LogP contribution in [0.3, 0.4) is 0 Å². The van der Waals surface area contributed by atoms with Crippen LogP contribution in [0.25, 0.3) is 0 Å². The molecule has 0 aromatic heterocycles. The van der Waals surface area contributed by atoms with E-state index < -0.39 is 0 Å². The third-order valence-electron chi connectivity index (χ3n) is 3.23. The summed E-state index contributed by atoms with van der Waals surface area (Å²) in [5.41, 5.74) is 1.36. The normalized spacial score (nSPS) is 25.7. The van der Waals surface area contributed by atoms with Gasteiger partial charge in [0.25, 0.3) is 0 Å². The van der Waals surface area contributed by atoms with Crippen molar-refractivity contribution in [2.75, 3.05) is 13.1 Å². The highest BCUT2D eigenvalue weighted by molar-refractivity contribution is 5.14. The molecule has 1 aromatic rings. The molecule has 2 N–H and O–H groups in total. The smallest absolute Gasteiger partial charge is 0.0218 e. The lowest BCUT2D eigenvalue weighted by Gasteiger charge is -2.16. The molecular weight excluding hydrogens is 184 g/mol. The Morgan fingerprint density at radius 3 is 2.80 bits per heavy atom. The molecule has 82 valence electrons. The Labute approximate surface area is 92.1 Å². The molecule has 2 heteroatoms. The third kappa shape index (κ3) is 3.05. The minimum absolute atomic E-state index is 0.661. The van der Waals surface area contributed by atoms with Crippen molar-refractivity contribution in [3.63, 3.8) is 0 Å². The molecule has 2 nitrogen and oxygen atoms in total. The van der Waals surface area contributed by atoms with Crippen molar-refractivity contribution in [2.45, 2.75) is 25.9 Å². The molecule has 1 fully saturated rings. The van der Waals surface area contributed by atoms with Crippen LogP contribution in [0.1, 0.15) is 18.9 Å². The van der Waals surface area contributed by atoms with Crippen molar-refractivity contribution in [3.05, 3.63) is 35.9 Å². The molecule has 0 amide bonds. The molecule has 0 bridgehead atoms. The minimum Gasteiger partial charge on any atom is -0.312 e. The largest absolute Gasteiger partial charge is 0.312 e. The molecule has 2 rings (SSSR count). The van der Waals surface area contributed by atoms with E-state index in [0.29, 0.717) is 6.04 Å². The molecule has 0 aliphatic carbocycles. The molecule has 1 heterocycles. The summed E-state index contributed by atoms with van der Waals surface area (Å²) in [6, 6.07) is 11.2. The van der Waals surface area contributed by atoms with Crippen LogP contribution in [0.2, 0.25) is 0 Å². The highest BCUT2D eigenvalue weighted by Gasteiger charge is 2.21. The van der Waals surface area contributed by atoms with Gasteiger partial charge >= 0.3 is 0 Å². The number of hydrogen-bond acceptors (Lipinski definition) is 2. The lowest BCUT2D eigenvalue weighted by atomic mass is 10.0. The first kappa shape index (κ1) is 10.7. The number of nitrogens with one attached hydrogen (secondary N) is 2. The second-order valence-corrected chi connectivity index (χ2v) is 4.44. The topological polar surface area (TPSA) is 24.1 Å². The van der Waals surface area contributed by atoms with Gasteiger partial charge in [0.15, 0.2) is 0 Å². The Kier molecular flexibility index (Phi) is 3.75. The van der Waals surface area contributed by atoms with Crippen LogP contribution in [0.15, 0.2) is 30.3 Å². The molecule has 1 aliphatic heterocycles. The van der Waals surface area contributed by atoms with E-state index in [4.69, 9.17) is 0 Å². The predicted octanol–water partition coefficient (Wildman–Crippen LogP) is 1.77. The second-order valence-electron chi connectivity index (χ2n) is 4.44. The van der Waals surface area contributed by atoms with E-state index in [9.17, 15) is 0 Å². The molecule has 2 atom stereocenters. The lowest BCUT2D eigenvalue weighted by Crippen LogP contribution is -2.36. The first-order valence-electron chi connectivity index (χ1n) is 5.84. The Bertz CT molecular complexity index is 284. The molecule has 15 heavy (non-hydrogen) atoms. The van der Waals surface area contributed by atoms with Crippen molar-refractivity contribution in [1.29, 1.82) is 0 Å². The summed E-state index contributed by atoms with van der Waals surface area (Å²) in [6.07, 6.45) is 1.32. The van der Waals surface area contributed by atoms with E-state index in [-0.39, 0.29) is 0 Å². The molecule has 0 saturated carbocycles. The van der Waals surface area contributed by atoms with Gasteiger partial charge in [0.2, 0.25) is 0 Å². The van der Waals surface area contributed by atoms with Gasteiger partial charge in [-0.3, -0.25) is 0 Å². The Morgan fingerprint density at radius 2 is 2.13 bits per heavy atom. The van der Waals surface area contributed by atoms with Gasteiger partial charge in [0.1, 0.15) is 0 Å². The van der Waals surface area contributed by atoms with Crippen molar-refractivity contribution in [3.8, 4) is 0 Å². The van der Waals surface area contributed by atoms with E-state index in [0.717, 1.165) is 19.0 Å². The van der Waals surface area contributed by atoms with Gasteiger partial charge in [-0.05, 0) is 24.4 Å². The predicted molar refractivity (Wildman–Crippen MR) is 63.7 cm³/mol. The summed E-state index contributed by atoms with van der Waals surface area (Å²) in [5.74, 6) is 0.813. The maximum absolute atomic E-state index is 3.53. The van der Waals surface area contributed by atoms with E-state index in [1.165, 1.54) is 18.5 Å². The van der Waals surface area contributed by atoms with E-state index in [1.54, 1.807) is 0 Å². The van der Waals surface area contributed by atoms with Crippen LogP contribution < -0.4 is 10.6 Å². The Balaban J connectivity index is 1.71. The monoisotopic (exact) mass is 204 g/mol. The molecular formula is C13H20N2. The zero-order valence-electron chi connectivity index (χ0n) is 9.37. The van der Waals surface area contributed by atoms with Gasteiger partial charge in [-0.15, -0.1) is 0 Å². The number of rotatable bonds is 4. The summed E-state index contributed by atoms with van der Waals surface area (Å²) < 4.78 is 0. The van der Waals surface area contributed by atoms with E-state index in [2.05, 4.69) is 47.9 Å². The average Bonchev–Trinajstić information content (AvgIpc) is 2.66. The molecule has 0 radical (unpaired) electrons. The maximum atomic E-state index is 3.53. The van der Waals surface area contributed by atoms with Crippen LogP contribution in [-0.2, 0) is 6.54 Å². The summed E-state index contributed by atoms with van der Waals surface area (Å²) >= 11 is 0. The molecule has 0 spiro atoms. The molecule has 1 aromatic carbocycles. The zero-order valence-corrected chi connectivity index (χ0v) is 9.37. The van der Waals surface area contributed by atoms with E-state index in [1.807, 2.05) is 0 Å². The summed E-state index contributed by atoms with van der Waals surface area (Å²) in [4.78, 5) is 0. The first-order valence-corrected chi connectivity index (χ1v) is 5.84. The summed E-state index contributed by atoms with van der Waals surface area (Å²) in [7, 11) is 0. The Hall–Kier alpha value is -0.860. The van der Waals surface area contributed by atoms with E-state index >= 15 is 0 Å². The summed E-state index contributed by atoms with van der Waals surface area (Å²) in [6.45, 7) is 5.56. The van der Waals surface area contributed by atoms with Crippen LogP contribution in [0.5, 0.6) is 0 Å². The van der Waals surface area contributed by atoms with Crippen LogP contribution in [0.4, 0.5) is 0 Å². The van der Waals surface area contributed by atoms with Crippen molar-refractivity contribution < 1.29 is 0 Å². The SMILES string of the molecule is CC1CCNC1CNCc1ccccc1. The van der Waals surface area contributed by atoms with Crippen molar-refractivity contribution in [1.82, 2.24) is 10.6 Å². The lowest BCUT2D eigenvalue weighted by molar-refractivity contribution is 0.448. The Morgan fingerprint density at radius 1 is 1.33 bits per heavy atom. The number of benzene rings is 1. The fraction of sp³-hybridized carbons (Fsp3) is 0.538. The van der Waals surface area contributed by atoms with Gasteiger partial charge in [-0.1, -0.05) is 37.3 Å². The fourth-order valence-electron chi connectivity index (χ4n) is 2.14. The second kappa shape index (κ2) is 5.29. The zero-order chi connectivity index (χ0) is 10.5. The van der Waals surface area contributed by atoms with Gasteiger partial charge in [-0.25, -0.2) is 0 Å². The van der Waals surface area contributed by atoms with Crippen molar-refractivity contribution >= 4 is 0 Å². The fourth-order valence-corrected chi connectivity index (χ4v) is 2.14. The van der Waals surface area contributed by atoms with Gasteiger partial charge in [0, 0.05) is 19.1 Å². The maximum Gasteiger partial charge on any atom is 0.0218 e. The van der Waals surface area contributed by atoms with Crippen LogP contribution in [-0.4, -0.2) is 19.1 Å². The average molecular weight is 204 g/mol. The quantitative estimate of drug-likeness (QED) is 0.781. The van der Waals surface area contributed by atoms with Gasteiger partial charge < -0.3 is 10.6 Å². The molecule has 1 saturated heterocycles. The molecule has 2 unspecified atom stereocenters. The number of hydrogen-bond donors (Lipinski definition) is 2. The highest BCUT2D eigenvalue weighted by atomic mass is 15.0. The minimum atomic E-state index is 0.661. The first-order chi connectivity index (χ1) is 7.36.